The fraction of sp³-hybridized carbons (Fsp3) is 0.0732. The van der Waals surface area contributed by atoms with Gasteiger partial charge in [-0.15, -0.1) is 0 Å². The number of nitrogens with zero attached hydrogens (tertiary/aromatic N) is 2. The fourth-order valence-corrected chi connectivity index (χ4v) is 6.85. The molecule has 3 aromatic carbocycles. The second-order valence-electron chi connectivity index (χ2n) is 12.0. The van der Waals surface area contributed by atoms with E-state index in [0.29, 0.717) is 0 Å². The van der Waals surface area contributed by atoms with Crippen molar-refractivity contribution in [3.05, 3.63) is 140 Å². The molecule has 2 aliphatic rings. The zero-order valence-electron chi connectivity index (χ0n) is 25.8. The Morgan fingerprint density at radius 2 is 0.696 bits per heavy atom. The Kier molecular flexibility index (Phi) is 7.06. The summed E-state index contributed by atoms with van der Waals surface area (Å²) >= 11 is 2.39. The highest BCUT2D eigenvalue weighted by Gasteiger charge is 2.17. The lowest BCUT2D eigenvalue weighted by Crippen LogP contribution is -1.90. The molecule has 8 rings (SSSR count). The number of rotatable bonds is 3. The van der Waals surface area contributed by atoms with Crippen LogP contribution < -0.4 is 0 Å². The SMILES string of the molecule is Cc1ccc(-c2c3nc(c(I)c4nc(c(-c5ccc(C)cc5)c5ccc([nH]5)c(-c5ccc(C)cc5)c5ccc2[nH]5)C=C4)C=C3)cc1. The van der Waals surface area contributed by atoms with Gasteiger partial charge in [0.15, 0.2) is 0 Å². The smallest absolute Gasteiger partial charge is 0.0793 e. The number of benzene rings is 3. The maximum Gasteiger partial charge on any atom is 0.0793 e. The Labute approximate surface area is 281 Å². The first-order valence-corrected chi connectivity index (χ1v) is 16.5. The number of H-pyrrole nitrogens is 2. The van der Waals surface area contributed by atoms with Gasteiger partial charge >= 0.3 is 0 Å². The minimum absolute atomic E-state index is 0.912. The first kappa shape index (κ1) is 28.5. The minimum Gasteiger partial charge on any atom is -0.354 e. The van der Waals surface area contributed by atoms with Crippen LogP contribution in [-0.2, 0) is 0 Å². The monoisotopic (exact) mass is 706 g/mol. The highest BCUT2D eigenvalue weighted by atomic mass is 127. The minimum atomic E-state index is 0.912. The lowest BCUT2D eigenvalue weighted by molar-refractivity contribution is 1.25. The maximum atomic E-state index is 5.19. The third-order valence-electron chi connectivity index (χ3n) is 8.71. The van der Waals surface area contributed by atoms with E-state index in [1.165, 1.54) is 16.7 Å². The summed E-state index contributed by atoms with van der Waals surface area (Å²) in [5.41, 5.74) is 18.0. The molecule has 3 aromatic heterocycles. The van der Waals surface area contributed by atoms with Crippen LogP contribution in [-0.4, -0.2) is 19.9 Å². The number of fused-ring (bicyclic) bond motifs is 8. The number of nitrogens with one attached hydrogen (secondary N) is 2. The lowest BCUT2D eigenvalue weighted by Gasteiger charge is -2.06. The van der Waals surface area contributed by atoms with Crippen molar-refractivity contribution in [3.8, 4) is 33.4 Å². The van der Waals surface area contributed by atoms with Crippen molar-refractivity contribution < 1.29 is 0 Å². The number of aromatic amines is 2. The third-order valence-corrected chi connectivity index (χ3v) is 9.82. The third kappa shape index (κ3) is 5.11. The first-order valence-electron chi connectivity index (χ1n) is 15.4. The van der Waals surface area contributed by atoms with Crippen LogP contribution in [0.4, 0.5) is 0 Å². The van der Waals surface area contributed by atoms with E-state index < -0.39 is 0 Å². The van der Waals surface area contributed by atoms with Crippen molar-refractivity contribution in [2.45, 2.75) is 20.8 Å². The van der Waals surface area contributed by atoms with E-state index in [9.17, 15) is 0 Å². The van der Waals surface area contributed by atoms with Crippen molar-refractivity contribution in [3.63, 3.8) is 0 Å². The molecule has 0 amide bonds. The van der Waals surface area contributed by atoms with Crippen LogP contribution in [0.1, 0.15) is 39.5 Å². The van der Waals surface area contributed by atoms with Gasteiger partial charge in [-0.3, -0.25) is 0 Å². The van der Waals surface area contributed by atoms with Crippen molar-refractivity contribution in [2.24, 2.45) is 0 Å². The van der Waals surface area contributed by atoms with Crippen molar-refractivity contribution in [1.82, 2.24) is 19.9 Å². The van der Waals surface area contributed by atoms with Crippen LogP contribution in [0, 0.1) is 24.3 Å². The largest absolute Gasteiger partial charge is 0.354 e. The highest BCUT2D eigenvalue weighted by molar-refractivity contribution is 14.1. The topological polar surface area (TPSA) is 57.4 Å². The number of aryl methyl sites for hydroxylation is 3. The molecule has 5 heterocycles. The van der Waals surface area contributed by atoms with Gasteiger partial charge in [-0.05, 0) is 109 Å². The normalized spacial score (nSPS) is 12.2. The Morgan fingerprint density at radius 1 is 0.391 bits per heavy atom. The van der Waals surface area contributed by atoms with Gasteiger partial charge in [0, 0.05) is 38.8 Å². The van der Waals surface area contributed by atoms with Gasteiger partial charge in [-0.25, -0.2) is 9.97 Å². The van der Waals surface area contributed by atoms with Crippen molar-refractivity contribution >= 4 is 69.0 Å². The summed E-state index contributed by atoms with van der Waals surface area (Å²) in [5.74, 6) is 0. The van der Waals surface area contributed by atoms with Crippen LogP contribution in [0.3, 0.4) is 0 Å². The van der Waals surface area contributed by atoms with Gasteiger partial charge in [0.1, 0.15) is 0 Å². The molecule has 0 spiro atoms. The van der Waals surface area contributed by atoms with E-state index in [0.717, 1.165) is 81.8 Å². The van der Waals surface area contributed by atoms with Gasteiger partial charge in [-0.2, -0.15) is 0 Å². The second kappa shape index (κ2) is 11.4. The number of hydrogen-bond acceptors (Lipinski definition) is 2. The average Bonchev–Trinajstić information content (AvgIpc) is 3.89. The lowest BCUT2D eigenvalue weighted by atomic mass is 10.0. The van der Waals surface area contributed by atoms with Gasteiger partial charge in [0.25, 0.3) is 0 Å². The van der Waals surface area contributed by atoms with Gasteiger partial charge in [-0.1, -0.05) is 89.5 Å². The molecule has 2 N–H and O–H groups in total. The Morgan fingerprint density at radius 3 is 1.07 bits per heavy atom. The molecule has 46 heavy (non-hydrogen) atoms. The molecular weight excluding hydrogens is 675 g/mol. The van der Waals surface area contributed by atoms with Crippen LogP contribution in [0.15, 0.2) is 97.1 Å². The van der Waals surface area contributed by atoms with Gasteiger partial charge in [0.2, 0.25) is 0 Å². The van der Waals surface area contributed by atoms with Crippen molar-refractivity contribution in [2.75, 3.05) is 0 Å². The number of aromatic nitrogens is 4. The molecule has 0 radical (unpaired) electrons. The quantitative estimate of drug-likeness (QED) is 0.180. The highest BCUT2D eigenvalue weighted by Crippen LogP contribution is 2.36. The fourth-order valence-electron chi connectivity index (χ4n) is 6.25. The Balaban J connectivity index is 1.54. The van der Waals surface area contributed by atoms with Crippen LogP contribution in [0.2, 0.25) is 0 Å². The average molecular weight is 707 g/mol. The van der Waals surface area contributed by atoms with E-state index in [-0.39, 0.29) is 0 Å². The zero-order valence-corrected chi connectivity index (χ0v) is 28.0. The molecule has 0 unspecified atom stereocenters. The molecule has 5 heteroatoms. The molecule has 222 valence electrons. The summed E-state index contributed by atoms with van der Waals surface area (Å²) < 4.78 is 1.02. The first-order chi connectivity index (χ1) is 22.4. The molecule has 6 aromatic rings. The molecule has 2 aliphatic heterocycles. The maximum absolute atomic E-state index is 5.19. The summed E-state index contributed by atoms with van der Waals surface area (Å²) in [6.45, 7) is 6.36. The molecule has 4 nitrogen and oxygen atoms in total. The number of halogens is 1. The summed E-state index contributed by atoms with van der Waals surface area (Å²) in [5, 5.41) is 0. The molecular formula is C41H31IN4. The van der Waals surface area contributed by atoms with E-state index in [1.54, 1.807) is 0 Å². The number of hydrogen-bond donors (Lipinski definition) is 2. The van der Waals surface area contributed by atoms with Crippen LogP contribution in [0.5, 0.6) is 0 Å². The summed E-state index contributed by atoms with van der Waals surface area (Å²) in [6.07, 6.45) is 8.45. The van der Waals surface area contributed by atoms with Gasteiger partial charge < -0.3 is 9.97 Å². The molecule has 0 saturated heterocycles. The molecule has 0 saturated carbocycles. The van der Waals surface area contributed by atoms with Gasteiger partial charge in [0.05, 0.1) is 26.3 Å². The van der Waals surface area contributed by atoms with E-state index >= 15 is 0 Å². The summed E-state index contributed by atoms with van der Waals surface area (Å²) in [6, 6.07) is 34.8. The standard InChI is InChI=1S/C41H31IN4/c1-24-4-10-27(11-5-24)38-30-16-18-32(43-30)39(28-12-6-25(2)7-13-28)34-20-22-36(45-34)41(42)37-23-21-35(46-37)40(33-19-17-31(38)44-33)29-14-8-26(3)9-15-29/h4-23,43-44H,1-3H3. The Bertz CT molecular complexity index is 2230. The Hall–Kier alpha value is -5.01. The van der Waals surface area contributed by atoms with Crippen LogP contribution in [0.25, 0.3) is 79.8 Å². The second-order valence-corrected chi connectivity index (χ2v) is 13.1. The summed E-state index contributed by atoms with van der Waals surface area (Å²) in [4.78, 5) is 18.0. The van der Waals surface area contributed by atoms with E-state index in [4.69, 9.17) is 9.97 Å². The van der Waals surface area contributed by atoms with E-state index in [2.05, 4.69) is 175 Å². The predicted octanol–water partition coefficient (Wildman–Crippen LogP) is 11.2. The predicted molar refractivity (Wildman–Crippen MR) is 202 cm³/mol. The molecule has 0 atom stereocenters. The molecule has 8 bridgehead atoms. The van der Waals surface area contributed by atoms with Crippen molar-refractivity contribution in [1.29, 1.82) is 0 Å². The van der Waals surface area contributed by atoms with Crippen LogP contribution >= 0.6 is 22.6 Å². The molecule has 0 aliphatic carbocycles. The summed E-state index contributed by atoms with van der Waals surface area (Å²) in [7, 11) is 0. The zero-order chi connectivity index (χ0) is 31.4. The molecule has 0 fully saturated rings. The van der Waals surface area contributed by atoms with E-state index in [1.807, 2.05) is 0 Å².